The van der Waals surface area contributed by atoms with E-state index in [1.165, 1.54) is 0 Å². The second kappa shape index (κ2) is 8.20. The third-order valence-electron chi connectivity index (χ3n) is 6.09. The highest BCUT2D eigenvalue weighted by molar-refractivity contribution is 5.98. The summed E-state index contributed by atoms with van der Waals surface area (Å²) in [5, 5.41) is 3.37. The van der Waals surface area contributed by atoms with Crippen molar-refractivity contribution in [2.45, 2.75) is 13.0 Å². The molecule has 32 heavy (non-hydrogen) atoms. The highest BCUT2D eigenvalue weighted by Crippen LogP contribution is 2.43. The van der Waals surface area contributed by atoms with Gasteiger partial charge in [-0.15, -0.1) is 0 Å². The van der Waals surface area contributed by atoms with Crippen LogP contribution in [0.5, 0.6) is 11.5 Å². The second-order valence-corrected chi connectivity index (χ2v) is 7.87. The van der Waals surface area contributed by atoms with Crippen LogP contribution in [-0.2, 0) is 9.53 Å². The fourth-order valence-corrected chi connectivity index (χ4v) is 4.53. The number of benzene rings is 2. The molecule has 1 N–H and O–H groups in total. The van der Waals surface area contributed by atoms with Crippen LogP contribution in [0.15, 0.2) is 53.7 Å². The molecule has 5 rings (SSSR count). The van der Waals surface area contributed by atoms with Crippen LogP contribution >= 0.6 is 0 Å². The number of hydrogen-bond acceptors (Lipinski definition) is 6. The number of allylic oxidation sites excluding steroid dienone is 1. The molecule has 3 heterocycles. The highest BCUT2D eigenvalue weighted by atomic mass is 16.5. The molecule has 1 saturated heterocycles. The lowest BCUT2D eigenvalue weighted by atomic mass is 9.92. The van der Waals surface area contributed by atoms with Gasteiger partial charge in [-0.25, -0.2) is 4.98 Å². The molecular weight excluding hydrogens is 408 g/mol. The summed E-state index contributed by atoms with van der Waals surface area (Å²) in [7, 11) is 3.27. The lowest BCUT2D eigenvalue weighted by molar-refractivity contribution is -0.131. The number of anilines is 1. The van der Waals surface area contributed by atoms with Gasteiger partial charge in [0, 0.05) is 24.4 Å². The molecule has 8 heteroatoms. The first-order chi connectivity index (χ1) is 15.6. The monoisotopic (exact) mass is 434 g/mol. The normalized spacial score (nSPS) is 18.3. The van der Waals surface area contributed by atoms with E-state index >= 15 is 0 Å². The average molecular weight is 434 g/mol. The number of imidazole rings is 1. The number of fused-ring (bicyclic) bond motifs is 3. The Morgan fingerprint density at radius 1 is 1.12 bits per heavy atom. The number of ether oxygens (including phenoxy) is 3. The van der Waals surface area contributed by atoms with Crippen molar-refractivity contribution >= 4 is 22.9 Å². The molecule has 2 aliphatic heterocycles. The molecule has 8 nitrogen and oxygen atoms in total. The van der Waals surface area contributed by atoms with Crippen LogP contribution in [0.1, 0.15) is 18.5 Å². The number of hydrogen-bond donors (Lipinski definition) is 1. The number of methoxy groups -OCH3 is 2. The maximum absolute atomic E-state index is 13.8. The van der Waals surface area contributed by atoms with E-state index in [-0.39, 0.29) is 5.91 Å². The number of carbonyl (C=O) groups excluding carboxylic acids is 1. The Bertz CT molecular complexity index is 1210. The van der Waals surface area contributed by atoms with Crippen molar-refractivity contribution in [3.8, 4) is 11.5 Å². The molecule has 0 saturated carbocycles. The fourth-order valence-electron chi connectivity index (χ4n) is 4.53. The van der Waals surface area contributed by atoms with Crippen molar-refractivity contribution in [2.24, 2.45) is 0 Å². The Kier molecular flexibility index (Phi) is 5.22. The minimum absolute atomic E-state index is 0.0170. The van der Waals surface area contributed by atoms with Crippen LogP contribution in [0.4, 0.5) is 5.95 Å². The lowest BCUT2D eigenvalue weighted by Gasteiger charge is -2.35. The van der Waals surface area contributed by atoms with Gasteiger partial charge < -0.3 is 24.4 Å². The van der Waals surface area contributed by atoms with E-state index in [9.17, 15) is 4.79 Å². The average Bonchev–Trinajstić information content (AvgIpc) is 3.20. The van der Waals surface area contributed by atoms with E-state index in [1.54, 1.807) is 14.2 Å². The number of rotatable bonds is 4. The maximum atomic E-state index is 13.8. The van der Waals surface area contributed by atoms with Gasteiger partial charge in [0.2, 0.25) is 5.95 Å². The zero-order valence-electron chi connectivity index (χ0n) is 18.4. The lowest BCUT2D eigenvalue weighted by Crippen LogP contribution is -2.44. The van der Waals surface area contributed by atoms with Crippen LogP contribution in [0.3, 0.4) is 0 Å². The molecule has 1 fully saturated rings. The minimum Gasteiger partial charge on any atom is -0.497 e. The van der Waals surface area contributed by atoms with Gasteiger partial charge in [-0.3, -0.25) is 9.36 Å². The van der Waals surface area contributed by atoms with Crippen LogP contribution < -0.4 is 14.8 Å². The topological polar surface area (TPSA) is 77.8 Å². The number of carbonyl (C=O) groups is 1. The summed E-state index contributed by atoms with van der Waals surface area (Å²) < 4.78 is 18.8. The number of amides is 1. The Morgan fingerprint density at radius 2 is 1.91 bits per heavy atom. The standard InChI is InChI=1S/C24H26N4O4/c1-15-21(23(29)27-10-12-32-13-11-27)22(17-14-16(30-2)8-9-20(17)31-3)28-19-7-5-4-6-18(19)26-24(28)25-15/h4-9,14,22H,10-13H2,1-3H3,(H,25,26)/t22-/m0/s1. The molecule has 2 aliphatic rings. The molecule has 0 unspecified atom stereocenters. The molecule has 1 atom stereocenters. The van der Waals surface area contributed by atoms with E-state index in [4.69, 9.17) is 19.2 Å². The second-order valence-electron chi connectivity index (χ2n) is 7.87. The summed E-state index contributed by atoms with van der Waals surface area (Å²) in [6.07, 6.45) is 0. The number of morpholine rings is 1. The number of aromatic nitrogens is 2. The summed E-state index contributed by atoms with van der Waals surface area (Å²) in [5.74, 6) is 2.05. The molecule has 0 radical (unpaired) electrons. The van der Waals surface area contributed by atoms with Gasteiger partial charge in [-0.05, 0) is 37.3 Å². The number of para-hydroxylation sites is 2. The van der Waals surface area contributed by atoms with E-state index < -0.39 is 6.04 Å². The zero-order valence-corrected chi connectivity index (χ0v) is 18.4. The smallest absolute Gasteiger partial charge is 0.254 e. The molecule has 0 spiro atoms. The van der Waals surface area contributed by atoms with Gasteiger partial charge in [-0.2, -0.15) is 0 Å². The molecule has 1 aromatic heterocycles. The number of nitrogens with zero attached hydrogens (tertiary/aromatic N) is 3. The predicted molar refractivity (Wildman–Crippen MR) is 121 cm³/mol. The van der Waals surface area contributed by atoms with Crippen molar-refractivity contribution < 1.29 is 19.0 Å². The Labute approximate surface area is 186 Å². The first kappa shape index (κ1) is 20.4. The van der Waals surface area contributed by atoms with E-state index in [1.807, 2.05) is 54.3 Å². The highest BCUT2D eigenvalue weighted by Gasteiger charge is 2.38. The molecule has 0 aliphatic carbocycles. The Morgan fingerprint density at radius 3 is 2.66 bits per heavy atom. The van der Waals surface area contributed by atoms with Crippen LogP contribution in [0, 0.1) is 0 Å². The van der Waals surface area contributed by atoms with Crippen molar-refractivity contribution in [2.75, 3.05) is 45.8 Å². The predicted octanol–water partition coefficient (Wildman–Crippen LogP) is 3.20. The van der Waals surface area contributed by atoms with Crippen molar-refractivity contribution in [1.29, 1.82) is 0 Å². The van der Waals surface area contributed by atoms with Gasteiger partial charge in [0.15, 0.2) is 0 Å². The zero-order chi connectivity index (χ0) is 22.2. The summed E-state index contributed by atoms with van der Waals surface area (Å²) in [4.78, 5) is 20.5. The fraction of sp³-hybridized carbons (Fsp3) is 0.333. The molecule has 166 valence electrons. The summed E-state index contributed by atoms with van der Waals surface area (Å²) >= 11 is 0. The summed E-state index contributed by atoms with van der Waals surface area (Å²) in [5.41, 5.74) is 4.07. The quantitative estimate of drug-likeness (QED) is 0.680. The summed E-state index contributed by atoms with van der Waals surface area (Å²) in [6, 6.07) is 13.2. The molecule has 2 aromatic carbocycles. The summed E-state index contributed by atoms with van der Waals surface area (Å²) in [6.45, 7) is 4.14. The molecule has 1 amide bonds. The van der Waals surface area contributed by atoms with E-state index in [0.29, 0.717) is 49.3 Å². The number of nitrogens with one attached hydrogen (secondary N) is 1. The van der Waals surface area contributed by atoms with Gasteiger partial charge in [-0.1, -0.05) is 12.1 Å². The molecule has 3 aromatic rings. The Balaban J connectivity index is 1.75. The third-order valence-corrected chi connectivity index (χ3v) is 6.09. The SMILES string of the molecule is COc1ccc(OC)c([C@H]2C(C(=O)N3CCOCC3)=C(C)Nc3nc4ccccc4n32)c1. The largest absolute Gasteiger partial charge is 0.497 e. The van der Waals surface area contributed by atoms with Crippen molar-refractivity contribution in [3.63, 3.8) is 0 Å². The van der Waals surface area contributed by atoms with E-state index in [0.717, 1.165) is 22.3 Å². The van der Waals surface area contributed by atoms with E-state index in [2.05, 4.69) is 9.88 Å². The molecular formula is C24H26N4O4. The van der Waals surface area contributed by atoms with Gasteiger partial charge in [0.1, 0.15) is 11.5 Å². The van der Waals surface area contributed by atoms with Crippen molar-refractivity contribution in [3.05, 3.63) is 59.3 Å². The van der Waals surface area contributed by atoms with Gasteiger partial charge in [0.05, 0.1) is 50.1 Å². The first-order valence-electron chi connectivity index (χ1n) is 10.7. The molecule has 0 bridgehead atoms. The van der Waals surface area contributed by atoms with Crippen LogP contribution in [0.25, 0.3) is 11.0 Å². The Hall–Kier alpha value is -3.52. The first-order valence-corrected chi connectivity index (χ1v) is 10.7. The van der Waals surface area contributed by atoms with Crippen LogP contribution in [-0.4, -0.2) is 60.9 Å². The van der Waals surface area contributed by atoms with Gasteiger partial charge >= 0.3 is 0 Å². The maximum Gasteiger partial charge on any atom is 0.254 e. The minimum atomic E-state index is -0.431. The van der Waals surface area contributed by atoms with Crippen LogP contribution in [0.2, 0.25) is 0 Å². The third kappa shape index (κ3) is 3.27. The van der Waals surface area contributed by atoms with Crippen molar-refractivity contribution in [1.82, 2.24) is 14.5 Å². The van der Waals surface area contributed by atoms with Gasteiger partial charge in [0.25, 0.3) is 5.91 Å².